The van der Waals surface area contributed by atoms with E-state index in [1.165, 1.54) is 34.6 Å². The third-order valence-electron chi connectivity index (χ3n) is 4.17. The highest BCUT2D eigenvalue weighted by Crippen LogP contribution is 2.36. The summed E-state index contributed by atoms with van der Waals surface area (Å²) < 4.78 is 0. The van der Waals surface area contributed by atoms with Gasteiger partial charge in [-0.3, -0.25) is 11.3 Å². The molecular formula is C16H26N2S2. The van der Waals surface area contributed by atoms with Crippen molar-refractivity contribution in [1.29, 1.82) is 0 Å². The number of nitrogens with two attached hydrogens (primary N) is 1. The van der Waals surface area contributed by atoms with Crippen molar-refractivity contribution < 1.29 is 0 Å². The summed E-state index contributed by atoms with van der Waals surface area (Å²) in [7, 11) is 0. The van der Waals surface area contributed by atoms with Crippen LogP contribution in [0.1, 0.15) is 30.0 Å². The molecule has 0 spiro atoms. The first-order chi connectivity index (χ1) is 9.67. The number of thioether (sulfide) groups is 2. The van der Waals surface area contributed by atoms with Crippen molar-refractivity contribution in [2.45, 2.75) is 50.2 Å². The second-order valence-corrected chi connectivity index (χ2v) is 8.13. The minimum atomic E-state index is 0.359. The second-order valence-electron chi connectivity index (χ2n) is 5.50. The van der Waals surface area contributed by atoms with Crippen molar-refractivity contribution in [3.8, 4) is 0 Å². The maximum absolute atomic E-state index is 5.90. The van der Waals surface area contributed by atoms with E-state index in [-0.39, 0.29) is 0 Å². The monoisotopic (exact) mass is 310 g/mol. The average Bonchev–Trinajstić information content (AvgIpc) is 2.47. The molecule has 2 rings (SSSR count). The molecule has 0 aromatic heterocycles. The van der Waals surface area contributed by atoms with E-state index in [9.17, 15) is 0 Å². The molecule has 1 heterocycles. The standard InChI is InChI=1S/C16H26N2S2/c1-4-15-16(20-9-8-19-15)14(18-17)10-13-11(2)6-5-7-12(13)3/h5-7,14-16,18H,4,8-10,17H2,1-3H3. The molecule has 0 aliphatic carbocycles. The van der Waals surface area contributed by atoms with E-state index in [2.05, 4.69) is 67.9 Å². The van der Waals surface area contributed by atoms with Crippen LogP contribution in [0.5, 0.6) is 0 Å². The molecule has 2 nitrogen and oxygen atoms in total. The van der Waals surface area contributed by atoms with Gasteiger partial charge >= 0.3 is 0 Å². The van der Waals surface area contributed by atoms with Crippen LogP contribution >= 0.6 is 23.5 Å². The summed E-state index contributed by atoms with van der Waals surface area (Å²) in [4.78, 5) is 0. The number of hydrazine groups is 1. The molecule has 3 unspecified atom stereocenters. The summed E-state index contributed by atoms with van der Waals surface area (Å²) in [5.41, 5.74) is 7.33. The van der Waals surface area contributed by atoms with Crippen molar-refractivity contribution in [3.05, 3.63) is 34.9 Å². The highest BCUT2D eigenvalue weighted by Gasteiger charge is 2.32. The van der Waals surface area contributed by atoms with Gasteiger partial charge in [-0.25, -0.2) is 0 Å². The molecule has 0 saturated carbocycles. The van der Waals surface area contributed by atoms with Gasteiger partial charge in [-0.15, -0.1) is 0 Å². The first kappa shape index (κ1) is 16.2. The Labute approximate surface area is 131 Å². The largest absolute Gasteiger partial charge is 0.271 e. The van der Waals surface area contributed by atoms with E-state index in [1.54, 1.807) is 0 Å². The van der Waals surface area contributed by atoms with Crippen molar-refractivity contribution in [3.63, 3.8) is 0 Å². The van der Waals surface area contributed by atoms with E-state index in [4.69, 9.17) is 5.84 Å². The van der Waals surface area contributed by atoms with Crippen LogP contribution in [-0.2, 0) is 6.42 Å². The van der Waals surface area contributed by atoms with Gasteiger partial charge in [-0.05, 0) is 43.4 Å². The molecule has 3 atom stereocenters. The summed E-state index contributed by atoms with van der Waals surface area (Å²) in [6.07, 6.45) is 2.26. The van der Waals surface area contributed by atoms with Gasteiger partial charge in [0.15, 0.2) is 0 Å². The molecule has 3 N–H and O–H groups in total. The predicted molar refractivity (Wildman–Crippen MR) is 93.5 cm³/mol. The fourth-order valence-electron chi connectivity index (χ4n) is 2.97. The summed E-state index contributed by atoms with van der Waals surface area (Å²) in [6, 6.07) is 6.91. The Morgan fingerprint density at radius 2 is 1.90 bits per heavy atom. The van der Waals surface area contributed by atoms with Crippen LogP contribution in [0.2, 0.25) is 0 Å². The second kappa shape index (κ2) is 7.74. The Balaban J connectivity index is 2.15. The third kappa shape index (κ3) is 3.73. The maximum Gasteiger partial charge on any atom is 0.0380 e. The lowest BCUT2D eigenvalue weighted by Crippen LogP contribution is -2.49. The molecule has 4 heteroatoms. The van der Waals surface area contributed by atoms with Crippen LogP contribution in [0.3, 0.4) is 0 Å². The predicted octanol–water partition coefficient (Wildman–Crippen LogP) is 3.31. The molecule has 1 aromatic carbocycles. The van der Waals surface area contributed by atoms with Gasteiger partial charge in [0.1, 0.15) is 0 Å². The molecule has 1 aromatic rings. The molecule has 1 saturated heterocycles. The zero-order chi connectivity index (χ0) is 14.5. The highest BCUT2D eigenvalue weighted by atomic mass is 32.2. The Hall–Kier alpha value is -0.160. The van der Waals surface area contributed by atoms with Crippen LogP contribution in [0.25, 0.3) is 0 Å². The van der Waals surface area contributed by atoms with Crippen LogP contribution in [0.4, 0.5) is 0 Å². The van der Waals surface area contributed by atoms with Crippen molar-refractivity contribution >= 4 is 23.5 Å². The van der Waals surface area contributed by atoms with Gasteiger partial charge in [-0.1, -0.05) is 25.1 Å². The summed E-state index contributed by atoms with van der Waals surface area (Å²) >= 11 is 4.21. The van der Waals surface area contributed by atoms with Gasteiger partial charge in [0, 0.05) is 28.0 Å². The van der Waals surface area contributed by atoms with E-state index in [0.717, 1.165) is 11.7 Å². The maximum atomic E-state index is 5.90. The van der Waals surface area contributed by atoms with Crippen molar-refractivity contribution in [2.24, 2.45) is 5.84 Å². The number of aryl methyl sites for hydroxylation is 2. The molecule has 0 bridgehead atoms. The number of benzene rings is 1. The fourth-order valence-corrected chi connectivity index (χ4v) is 6.22. The van der Waals surface area contributed by atoms with Crippen LogP contribution in [-0.4, -0.2) is 28.0 Å². The molecule has 112 valence electrons. The fraction of sp³-hybridized carbons (Fsp3) is 0.625. The molecule has 0 radical (unpaired) electrons. The summed E-state index contributed by atoms with van der Waals surface area (Å²) in [5, 5.41) is 1.34. The topological polar surface area (TPSA) is 38.0 Å². The van der Waals surface area contributed by atoms with Gasteiger partial charge in [0.2, 0.25) is 0 Å². The van der Waals surface area contributed by atoms with E-state index >= 15 is 0 Å². The molecule has 1 aliphatic heterocycles. The molecule has 0 amide bonds. The summed E-state index contributed by atoms with van der Waals surface area (Å²) in [6.45, 7) is 6.70. The Bertz CT molecular complexity index is 416. The molecule has 1 aliphatic rings. The first-order valence-electron chi connectivity index (χ1n) is 7.41. The zero-order valence-corrected chi connectivity index (χ0v) is 14.3. The minimum absolute atomic E-state index is 0.359. The minimum Gasteiger partial charge on any atom is -0.271 e. The summed E-state index contributed by atoms with van der Waals surface area (Å²) in [5.74, 6) is 8.42. The lowest BCUT2D eigenvalue weighted by atomic mass is 9.94. The lowest BCUT2D eigenvalue weighted by molar-refractivity contribution is 0.489. The number of hydrogen-bond acceptors (Lipinski definition) is 4. The SMILES string of the molecule is CCC1SCCSC1C(Cc1c(C)cccc1C)NN. The van der Waals surface area contributed by atoms with Gasteiger partial charge in [0.05, 0.1) is 0 Å². The third-order valence-corrected chi connectivity index (χ3v) is 7.58. The Morgan fingerprint density at radius 1 is 1.25 bits per heavy atom. The lowest BCUT2D eigenvalue weighted by Gasteiger charge is -2.36. The first-order valence-corrected chi connectivity index (χ1v) is 9.51. The normalized spacial score (nSPS) is 24.6. The van der Waals surface area contributed by atoms with Gasteiger partial charge in [0.25, 0.3) is 0 Å². The number of hydrogen-bond donors (Lipinski definition) is 2. The zero-order valence-electron chi connectivity index (χ0n) is 12.7. The Morgan fingerprint density at radius 3 is 2.50 bits per heavy atom. The molecule has 20 heavy (non-hydrogen) atoms. The van der Waals surface area contributed by atoms with Gasteiger partial charge < -0.3 is 0 Å². The smallest absolute Gasteiger partial charge is 0.0380 e. The average molecular weight is 311 g/mol. The number of nitrogens with one attached hydrogen (secondary N) is 1. The Kier molecular flexibility index (Phi) is 6.27. The van der Waals surface area contributed by atoms with Crippen LogP contribution in [0, 0.1) is 13.8 Å². The number of rotatable bonds is 5. The van der Waals surface area contributed by atoms with Crippen molar-refractivity contribution in [2.75, 3.05) is 11.5 Å². The molecular weight excluding hydrogens is 284 g/mol. The van der Waals surface area contributed by atoms with Gasteiger partial charge in [-0.2, -0.15) is 23.5 Å². The molecule has 1 fully saturated rings. The van der Waals surface area contributed by atoms with E-state index in [0.29, 0.717) is 11.3 Å². The van der Waals surface area contributed by atoms with Crippen LogP contribution in [0.15, 0.2) is 18.2 Å². The van der Waals surface area contributed by atoms with Crippen LogP contribution < -0.4 is 11.3 Å². The highest BCUT2D eigenvalue weighted by molar-refractivity contribution is 8.07. The quantitative estimate of drug-likeness (QED) is 0.646. The van der Waals surface area contributed by atoms with E-state index in [1.807, 2.05) is 0 Å². The van der Waals surface area contributed by atoms with Crippen molar-refractivity contribution in [1.82, 2.24) is 5.43 Å². The van der Waals surface area contributed by atoms with E-state index < -0.39 is 0 Å².